The van der Waals surface area contributed by atoms with Crippen LogP contribution >= 0.6 is 15.9 Å². The first-order valence-electron chi connectivity index (χ1n) is 3.45. The molecule has 0 unspecified atom stereocenters. The third-order valence-electron chi connectivity index (χ3n) is 1.40. The smallest absolute Gasteiger partial charge is 0.182 e. The maximum atomic E-state index is 13.0. The van der Waals surface area contributed by atoms with Gasteiger partial charge in [-0.25, -0.2) is 8.78 Å². The van der Waals surface area contributed by atoms with E-state index in [2.05, 4.69) is 27.8 Å². The Kier molecular flexibility index (Phi) is 3.26. The minimum absolute atomic E-state index is 0.0196. The van der Waals surface area contributed by atoms with Gasteiger partial charge in [0.1, 0.15) is 0 Å². The second kappa shape index (κ2) is 4.24. The Morgan fingerprint density at radius 1 is 1.31 bits per heavy atom. The number of hydrogen-bond donors (Lipinski definition) is 1. The van der Waals surface area contributed by atoms with Crippen LogP contribution in [-0.2, 0) is 0 Å². The minimum Gasteiger partial charge on any atom is -0.396 e. The van der Waals surface area contributed by atoms with Crippen LogP contribution in [0.4, 0.5) is 14.5 Å². The van der Waals surface area contributed by atoms with Gasteiger partial charge in [-0.1, -0.05) is 27.8 Å². The van der Waals surface area contributed by atoms with Gasteiger partial charge in [-0.3, -0.25) is 0 Å². The van der Waals surface area contributed by atoms with Gasteiger partial charge in [-0.2, -0.15) is 0 Å². The number of benzene rings is 1. The molecule has 1 aromatic rings. The van der Waals surface area contributed by atoms with Gasteiger partial charge in [-0.05, 0) is 12.1 Å². The molecule has 1 nitrogen and oxygen atoms in total. The minimum atomic E-state index is -1.04. The topological polar surface area (TPSA) is 26.0 Å². The largest absolute Gasteiger partial charge is 0.396 e. The molecule has 0 amide bonds. The molecule has 0 fully saturated rings. The van der Waals surface area contributed by atoms with Crippen molar-refractivity contribution in [2.75, 3.05) is 11.1 Å². The van der Waals surface area contributed by atoms with Gasteiger partial charge in [0, 0.05) is 0 Å². The normalized spacial score (nSPS) is 9.15. The number of hydrogen-bond acceptors (Lipinski definition) is 1. The summed E-state index contributed by atoms with van der Waals surface area (Å²) >= 11 is 3.05. The zero-order chi connectivity index (χ0) is 9.84. The lowest BCUT2D eigenvalue weighted by molar-refractivity contribution is 0.510. The summed E-state index contributed by atoms with van der Waals surface area (Å²) in [6.45, 7) is 0. The number of nitrogen functional groups attached to an aromatic ring is 1. The van der Waals surface area contributed by atoms with Crippen LogP contribution in [0.2, 0.25) is 0 Å². The van der Waals surface area contributed by atoms with E-state index in [0.717, 1.165) is 0 Å². The molecular weight excluding hydrogens is 240 g/mol. The van der Waals surface area contributed by atoms with Gasteiger partial charge in [-0.15, -0.1) is 0 Å². The lowest BCUT2D eigenvalue weighted by Crippen LogP contribution is -1.96. The summed E-state index contributed by atoms with van der Waals surface area (Å²) in [7, 11) is 0. The molecule has 0 aromatic heterocycles. The quantitative estimate of drug-likeness (QED) is 0.424. The number of anilines is 1. The zero-order valence-corrected chi connectivity index (χ0v) is 8.16. The average molecular weight is 246 g/mol. The molecule has 13 heavy (non-hydrogen) atoms. The number of alkyl halides is 1. The molecule has 0 bridgehead atoms. The van der Waals surface area contributed by atoms with Crippen molar-refractivity contribution < 1.29 is 8.78 Å². The second-order valence-electron chi connectivity index (χ2n) is 2.27. The summed E-state index contributed by atoms with van der Waals surface area (Å²) in [5.41, 5.74) is 4.96. The van der Waals surface area contributed by atoms with E-state index in [-0.39, 0.29) is 11.3 Å². The average Bonchev–Trinajstić information content (AvgIpc) is 2.13. The van der Waals surface area contributed by atoms with Crippen molar-refractivity contribution in [3.63, 3.8) is 0 Å². The lowest BCUT2D eigenvalue weighted by atomic mass is 10.2. The Bertz CT molecular complexity index is 379. The van der Waals surface area contributed by atoms with Gasteiger partial charge in [0.2, 0.25) is 0 Å². The van der Waals surface area contributed by atoms with Gasteiger partial charge in [0.25, 0.3) is 0 Å². The van der Waals surface area contributed by atoms with E-state index in [0.29, 0.717) is 5.33 Å². The van der Waals surface area contributed by atoms with Gasteiger partial charge in [0.05, 0.1) is 16.6 Å². The van der Waals surface area contributed by atoms with Crippen LogP contribution < -0.4 is 5.73 Å². The summed E-state index contributed by atoms with van der Waals surface area (Å²) < 4.78 is 25.9. The van der Waals surface area contributed by atoms with Crippen LogP contribution in [0.5, 0.6) is 0 Å². The third-order valence-corrected chi connectivity index (χ3v) is 1.68. The Morgan fingerprint density at radius 2 is 2.00 bits per heavy atom. The molecule has 0 atom stereocenters. The molecule has 0 aliphatic rings. The van der Waals surface area contributed by atoms with E-state index in [1.807, 2.05) is 0 Å². The highest BCUT2D eigenvalue weighted by Crippen LogP contribution is 2.16. The molecule has 0 heterocycles. The second-order valence-corrected chi connectivity index (χ2v) is 2.83. The van der Waals surface area contributed by atoms with Crippen molar-refractivity contribution >= 4 is 21.6 Å². The highest BCUT2D eigenvalue weighted by atomic mass is 79.9. The first-order chi connectivity index (χ1) is 6.16. The van der Waals surface area contributed by atoms with E-state index in [1.54, 1.807) is 0 Å². The van der Waals surface area contributed by atoms with Crippen LogP contribution in [0.3, 0.4) is 0 Å². The van der Waals surface area contributed by atoms with Crippen LogP contribution in [0.25, 0.3) is 0 Å². The molecule has 1 aromatic carbocycles. The fourth-order valence-corrected chi connectivity index (χ4v) is 0.930. The molecule has 2 N–H and O–H groups in total. The van der Waals surface area contributed by atoms with E-state index in [4.69, 9.17) is 5.73 Å². The zero-order valence-electron chi connectivity index (χ0n) is 6.57. The van der Waals surface area contributed by atoms with Crippen LogP contribution in [-0.4, -0.2) is 5.33 Å². The number of rotatable bonds is 0. The molecule has 0 aliphatic heterocycles. The molecule has 4 heteroatoms. The monoisotopic (exact) mass is 245 g/mol. The fourth-order valence-electron chi connectivity index (χ4n) is 0.790. The van der Waals surface area contributed by atoms with E-state index < -0.39 is 11.6 Å². The predicted molar refractivity (Wildman–Crippen MR) is 51.4 cm³/mol. The summed E-state index contributed by atoms with van der Waals surface area (Å²) in [6, 6.07) is 2.64. The SMILES string of the molecule is Nc1ccc(C#CCBr)c(F)c1F. The van der Waals surface area contributed by atoms with Gasteiger partial charge >= 0.3 is 0 Å². The predicted octanol–water partition coefficient (Wildman–Crippen LogP) is 2.29. The summed E-state index contributed by atoms with van der Waals surface area (Å²) in [4.78, 5) is 0. The van der Waals surface area contributed by atoms with Crippen molar-refractivity contribution in [1.82, 2.24) is 0 Å². The Labute approximate surface area is 83.1 Å². The number of halogens is 3. The van der Waals surface area contributed by atoms with E-state index >= 15 is 0 Å². The van der Waals surface area contributed by atoms with Crippen molar-refractivity contribution in [2.24, 2.45) is 0 Å². The summed E-state index contributed by atoms with van der Waals surface area (Å²) in [5, 5.41) is 0.415. The Hall–Kier alpha value is -1.08. The molecule has 0 aliphatic carbocycles. The lowest BCUT2D eigenvalue weighted by Gasteiger charge is -1.98. The fraction of sp³-hybridized carbons (Fsp3) is 0.111. The Morgan fingerprint density at radius 3 is 2.62 bits per heavy atom. The van der Waals surface area contributed by atoms with E-state index in [9.17, 15) is 8.78 Å². The summed E-state index contributed by atoms with van der Waals surface area (Å²) in [5.74, 6) is 3.00. The molecule has 68 valence electrons. The Balaban J connectivity index is 3.18. The third kappa shape index (κ3) is 2.19. The van der Waals surface area contributed by atoms with Crippen LogP contribution in [0, 0.1) is 23.5 Å². The number of nitrogens with two attached hydrogens (primary N) is 1. The van der Waals surface area contributed by atoms with Crippen molar-refractivity contribution in [2.45, 2.75) is 0 Å². The van der Waals surface area contributed by atoms with Crippen LogP contribution in [0.1, 0.15) is 5.56 Å². The van der Waals surface area contributed by atoms with Crippen molar-refractivity contribution in [3.05, 3.63) is 29.3 Å². The molecule has 0 spiro atoms. The first-order valence-corrected chi connectivity index (χ1v) is 4.57. The first kappa shape index (κ1) is 10.0. The van der Waals surface area contributed by atoms with E-state index in [1.165, 1.54) is 12.1 Å². The molecule has 0 radical (unpaired) electrons. The maximum absolute atomic E-state index is 13.0. The molecule has 0 saturated heterocycles. The van der Waals surface area contributed by atoms with Gasteiger partial charge < -0.3 is 5.73 Å². The summed E-state index contributed by atoms with van der Waals surface area (Å²) in [6.07, 6.45) is 0. The highest BCUT2D eigenvalue weighted by Gasteiger charge is 2.09. The van der Waals surface area contributed by atoms with Crippen LogP contribution in [0.15, 0.2) is 12.1 Å². The molecule has 0 saturated carbocycles. The molecular formula is C9H6BrF2N. The molecule has 1 rings (SSSR count). The van der Waals surface area contributed by atoms with Gasteiger partial charge in [0.15, 0.2) is 11.6 Å². The highest BCUT2D eigenvalue weighted by molar-refractivity contribution is 9.09. The van der Waals surface area contributed by atoms with Crippen molar-refractivity contribution in [1.29, 1.82) is 0 Å². The maximum Gasteiger partial charge on any atom is 0.182 e. The van der Waals surface area contributed by atoms with Crippen molar-refractivity contribution in [3.8, 4) is 11.8 Å². The standard InChI is InChI=1S/C9H6BrF2N/c10-5-1-2-6-3-4-7(13)9(12)8(6)11/h3-4H,5,13H2.